The fourth-order valence-electron chi connectivity index (χ4n) is 3.02. The Bertz CT molecular complexity index is 1220. The maximum Gasteiger partial charge on any atom is 0.272 e. The van der Waals surface area contributed by atoms with E-state index in [-0.39, 0.29) is 11.2 Å². The lowest BCUT2D eigenvalue weighted by Gasteiger charge is -2.18. The molecule has 4 rings (SSSR count). The van der Waals surface area contributed by atoms with E-state index in [1.807, 2.05) is 0 Å². The van der Waals surface area contributed by atoms with Gasteiger partial charge >= 0.3 is 0 Å². The summed E-state index contributed by atoms with van der Waals surface area (Å²) < 4.78 is 14.0. The van der Waals surface area contributed by atoms with Gasteiger partial charge in [0.25, 0.3) is 5.56 Å². The Morgan fingerprint density at radius 2 is 2.04 bits per heavy atom. The van der Waals surface area contributed by atoms with Crippen LogP contribution in [0, 0.1) is 5.82 Å². The minimum absolute atomic E-state index is 0.0184. The second-order valence-electron chi connectivity index (χ2n) is 6.68. The van der Waals surface area contributed by atoms with Gasteiger partial charge in [0.15, 0.2) is 0 Å². The molecule has 5 N–H and O–H groups in total. The molecule has 0 atom stereocenters. The summed E-state index contributed by atoms with van der Waals surface area (Å²) in [6.07, 6.45) is 3.01. The van der Waals surface area contributed by atoms with Crippen LogP contribution in [0.1, 0.15) is 19.4 Å². The fraction of sp³-hybridized carbons (Fsp3) is 0.167. The van der Waals surface area contributed by atoms with Crippen LogP contribution in [-0.4, -0.2) is 25.3 Å². The lowest BCUT2D eigenvalue weighted by atomic mass is 9.96. The molecule has 26 heavy (non-hydrogen) atoms. The number of aromatic nitrogens is 4. The smallest absolute Gasteiger partial charge is 0.272 e. The van der Waals surface area contributed by atoms with Crippen LogP contribution in [0.25, 0.3) is 33.1 Å². The molecule has 3 aromatic heterocycles. The van der Waals surface area contributed by atoms with E-state index in [1.165, 1.54) is 18.5 Å². The molecule has 0 aliphatic carbocycles. The van der Waals surface area contributed by atoms with Crippen molar-refractivity contribution in [1.29, 1.82) is 0 Å². The molecule has 132 valence electrons. The first-order valence-corrected chi connectivity index (χ1v) is 7.93. The van der Waals surface area contributed by atoms with Gasteiger partial charge in [-0.3, -0.25) is 14.9 Å². The van der Waals surface area contributed by atoms with Crippen molar-refractivity contribution >= 4 is 27.6 Å². The van der Waals surface area contributed by atoms with E-state index in [0.717, 1.165) is 0 Å². The number of aromatic amines is 2. The number of anilines is 1. The van der Waals surface area contributed by atoms with E-state index < -0.39 is 17.0 Å². The molecule has 4 aromatic rings. The van der Waals surface area contributed by atoms with Crippen molar-refractivity contribution in [3.8, 4) is 11.1 Å². The largest absolute Gasteiger partial charge is 0.394 e. The average Bonchev–Trinajstić information content (AvgIpc) is 3.07. The highest BCUT2D eigenvalue weighted by Gasteiger charge is 2.21. The van der Waals surface area contributed by atoms with Crippen LogP contribution in [0.3, 0.4) is 0 Å². The predicted molar refractivity (Wildman–Crippen MR) is 97.1 cm³/mol. The summed E-state index contributed by atoms with van der Waals surface area (Å²) in [6.45, 7) is 3.25. The van der Waals surface area contributed by atoms with Gasteiger partial charge < -0.3 is 15.8 Å². The molecular formula is C18H16FN5O2. The molecule has 0 aliphatic heterocycles. The van der Waals surface area contributed by atoms with Gasteiger partial charge in [-0.15, -0.1) is 0 Å². The maximum absolute atomic E-state index is 14.0. The number of H-pyrrole nitrogens is 2. The summed E-state index contributed by atoms with van der Waals surface area (Å²) in [7, 11) is 0. The topological polar surface area (TPSA) is 121 Å². The van der Waals surface area contributed by atoms with Crippen LogP contribution in [0.4, 0.5) is 10.1 Å². The first-order chi connectivity index (χ1) is 12.3. The molecule has 0 amide bonds. The van der Waals surface area contributed by atoms with Gasteiger partial charge in [-0.25, -0.2) is 4.39 Å². The van der Waals surface area contributed by atoms with Crippen molar-refractivity contribution in [3.63, 3.8) is 0 Å². The van der Waals surface area contributed by atoms with Gasteiger partial charge in [0.05, 0.1) is 22.8 Å². The molecule has 1 aromatic carbocycles. The molecule has 0 saturated carbocycles. The van der Waals surface area contributed by atoms with E-state index in [0.29, 0.717) is 33.1 Å². The number of aliphatic hydroxyl groups is 1. The fourth-order valence-corrected chi connectivity index (χ4v) is 3.02. The SMILES string of the molecule is CC(C)(O)c1cnc2c(-c3ccc(F)c4[nH]ncc34)c(N)c(=O)[nH]c2c1. The van der Waals surface area contributed by atoms with Gasteiger partial charge in [-0.2, -0.15) is 5.10 Å². The van der Waals surface area contributed by atoms with Crippen LogP contribution >= 0.6 is 0 Å². The Kier molecular flexibility index (Phi) is 3.35. The van der Waals surface area contributed by atoms with Crippen molar-refractivity contribution in [2.75, 3.05) is 5.73 Å². The molecular weight excluding hydrogens is 337 g/mol. The summed E-state index contributed by atoms with van der Waals surface area (Å²) >= 11 is 0. The first-order valence-electron chi connectivity index (χ1n) is 7.93. The average molecular weight is 353 g/mol. The molecule has 0 saturated heterocycles. The van der Waals surface area contributed by atoms with E-state index >= 15 is 0 Å². The minimum Gasteiger partial charge on any atom is -0.394 e. The number of benzene rings is 1. The number of nitrogens with zero attached hydrogens (tertiary/aromatic N) is 2. The number of hydrogen-bond donors (Lipinski definition) is 4. The van der Waals surface area contributed by atoms with Crippen LogP contribution < -0.4 is 11.3 Å². The lowest BCUT2D eigenvalue weighted by molar-refractivity contribution is 0.0784. The van der Waals surface area contributed by atoms with Crippen molar-refractivity contribution in [2.45, 2.75) is 19.4 Å². The Balaban J connectivity index is 2.12. The third-order valence-electron chi connectivity index (χ3n) is 4.43. The lowest BCUT2D eigenvalue weighted by Crippen LogP contribution is -2.18. The van der Waals surface area contributed by atoms with E-state index in [9.17, 15) is 14.3 Å². The third kappa shape index (κ3) is 2.34. The van der Waals surface area contributed by atoms with Gasteiger partial charge in [0, 0.05) is 22.7 Å². The monoisotopic (exact) mass is 353 g/mol. The van der Waals surface area contributed by atoms with Crippen molar-refractivity contribution < 1.29 is 9.50 Å². The highest BCUT2D eigenvalue weighted by molar-refractivity contribution is 6.06. The van der Waals surface area contributed by atoms with Crippen LogP contribution in [0.15, 0.2) is 35.4 Å². The Morgan fingerprint density at radius 1 is 1.27 bits per heavy atom. The van der Waals surface area contributed by atoms with Crippen molar-refractivity contribution in [2.24, 2.45) is 0 Å². The Morgan fingerprint density at radius 3 is 2.77 bits per heavy atom. The summed E-state index contributed by atoms with van der Waals surface area (Å²) in [6, 6.07) is 4.49. The number of nitrogen functional groups attached to an aromatic ring is 1. The molecule has 7 nitrogen and oxygen atoms in total. The minimum atomic E-state index is -1.12. The normalized spacial score (nSPS) is 12.2. The van der Waals surface area contributed by atoms with Crippen LogP contribution in [-0.2, 0) is 5.60 Å². The highest BCUT2D eigenvalue weighted by atomic mass is 19.1. The highest BCUT2D eigenvalue weighted by Crippen LogP contribution is 2.36. The molecule has 3 heterocycles. The quantitative estimate of drug-likeness (QED) is 0.441. The molecule has 0 unspecified atom stereocenters. The summed E-state index contributed by atoms with van der Waals surface area (Å²) in [5.74, 6) is -0.453. The van der Waals surface area contributed by atoms with Gasteiger partial charge in [0.2, 0.25) is 0 Å². The number of rotatable bonds is 2. The first kappa shape index (κ1) is 16.2. The zero-order chi connectivity index (χ0) is 18.6. The predicted octanol–water partition coefficient (Wildman–Crippen LogP) is 2.42. The van der Waals surface area contributed by atoms with Crippen molar-refractivity contribution in [3.05, 3.63) is 52.3 Å². The third-order valence-corrected chi connectivity index (χ3v) is 4.43. The number of halogens is 1. The maximum atomic E-state index is 14.0. The molecule has 8 heteroatoms. The zero-order valence-corrected chi connectivity index (χ0v) is 14.1. The number of pyridine rings is 2. The molecule has 0 aliphatic rings. The Labute approximate surface area is 146 Å². The molecule has 0 radical (unpaired) electrons. The standard InChI is InChI=1S/C18H16FN5O2/c1-18(2,26)8-5-12-16(21-6-8)13(14(20)17(25)23-12)9-3-4-11(19)15-10(9)7-22-24-15/h3-7,26H,20H2,1-2H3,(H,22,24)(H,23,25). The summed E-state index contributed by atoms with van der Waals surface area (Å²) in [5, 5.41) is 17.2. The zero-order valence-electron chi connectivity index (χ0n) is 14.1. The van der Waals surface area contributed by atoms with Crippen LogP contribution in [0.5, 0.6) is 0 Å². The second-order valence-corrected chi connectivity index (χ2v) is 6.68. The van der Waals surface area contributed by atoms with E-state index in [2.05, 4.69) is 20.2 Å². The van der Waals surface area contributed by atoms with Gasteiger partial charge in [-0.05, 0) is 31.5 Å². The summed E-state index contributed by atoms with van der Waals surface area (Å²) in [5.41, 5.74) is 7.02. The van der Waals surface area contributed by atoms with E-state index in [1.54, 1.807) is 26.0 Å². The number of nitrogens with one attached hydrogen (secondary N) is 2. The Hall–Kier alpha value is -3.26. The van der Waals surface area contributed by atoms with Gasteiger partial charge in [-0.1, -0.05) is 6.07 Å². The second kappa shape index (κ2) is 5.37. The summed E-state index contributed by atoms with van der Waals surface area (Å²) in [4.78, 5) is 19.4. The number of nitrogens with two attached hydrogens (primary N) is 1. The molecule has 0 spiro atoms. The van der Waals surface area contributed by atoms with Crippen molar-refractivity contribution in [1.82, 2.24) is 20.2 Å². The molecule has 0 fully saturated rings. The van der Waals surface area contributed by atoms with Crippen LogP contribution in [0.2, 0.25) is 0 Å². The van der Waals surface area contributed by atoms with Gasteiger partial charge in [0.1, 0.15) is 17.0 Å². The number of hydrogen-bond acceptors (Lipinski definition) is 5. The van der Waals surface area contributed by atoms with E-state index in [4.69, 9.17) is 5.73 Å². The molecule has 0 bridgehead atoms. The number of fused-ring (bicyclic) bond motifs is 2.